The number of aliphatic hydroxyl groups excluding tert-OH is 1. The van der Waals surface area contributed by atoms with Crippen LogP contribution in [0.15, 0.2) is 42.5 Å². The molecule has 2 aromatic rings. The molecule has 0 spiro atoms. The summed E-state index contributed by atoms with van der Waals surface area (Å²) < 4.78 is 4.79. The molecular formula is C20H23BN2O8. The Hall–Kier alpha value is -3.09. The van der Waals surface area contributed by atoms with Crippen LogP contribution in [-0.2, 0) is 17.8 Å². The van der Waals surface area contributed by atoms with Crippen molar-refractivity contribution in [3.8, 4) is 5.75 Å². The summed E-state index contributed by atoms with van der Waals surface area (Å²) in [5.74, 6) is -2.51. The molecule has 0 aromatic heterocycles. The van der Waals surface area contributed by atoms with E-state index in [1.165, 1.54) is 30.3 Å². The molecule has 7 N–H and O–H groups in total. The lowest BCUT2D eigenvalue weighted by Crippen LogP contribution is -2.62. The van der Waals surface area contributed by atoms with Gasteiger partial charge < -0.3 is 36.0 Å². The summed E-state index contributed by atoms with van der Waals surface area (Å²) in [4.78, 5) is 35.5. The molecule has 0 radical (unpaired) electrons. The van der Waals surface area contributed by atoms with Crippen LogP contribution < -0.4 is 15.8 Å². The lowest BCUT2D eigenvalue weighted by Gasteiger charge is -2.28. The van der Waals surface area contributed by atoms with Crippen molar-refractivity contribution in [3.05, 3.63) is 64.7 Å². The summed E-state index contributed by atoms with van der Waals surface area (Å²) in [6.07, 6.45) is -0.513. The number of rotatable bonds is 12. The lowest BCUT2D eigenvalue weighted by atomic mass is 9.59. The molecule has 164 valence electrons. The average molecular weight is 430 g/mol. The van der Waals surface area contributed by atoms with Crippen molar-refractivity contribution in [2.75, 3.05) is 13.2 Å². The first-order chi connectivity index (χ1) is 14.7. The van der Waals surface area contributed by atoms with Crippen LogP contribution in [0.1, 0.15) is 31.8 Å². The standard InChI is InChI=1S/C20H23BN2O8/c22-20(21(29)30,10-15-5-2-6-16(19(27)28)17(15)31-12-25)18(26)14-4-1-3-13(9-14)11-23-7-8-24/h1-6,9,12,23-24,29-30H,7-8,10-11,22H2,(H,27,28). The highest BCUT2D eigenvalue weighted by Crippen LogP contribution is 2.29. The van der Waals surface area contributed by atoms with Gasteiger partial charge in [0, 0.05) is 18.7 Å². The molecule has 31 heavy (non-hydrogen) atoms. The Labute approximate surface area is 178 Å². The van der Waals surface area contributed by atoms with Gasteiger partial charge in [-0.2, -0.15) is 0 Å². The number of carbonyl (C=O) groups excluding carboxylic acids is 2. The highest BCUT2D eigenvalue weighted by atomic mass is 16.5. The van der Waals surface area contributed by atoms with Crippen molar-refractivity contribution in [2.24, 2.45) is 5.73 Å². The maximum atomic E-state index is 13.2. The van der Waals surface area contributed by atoms with Gasteiger partial charge >= 0.3 is 13.1 Å². The van der Waals surface area contributed by atoms with E-state index in [9.17, 15) is 29.5 Å². The molecule has 0 saturated carbocycles. The molecule has 11 heteroatoms. The van der Waals surface area contributed by atoms with Crippen LogP contribution in [0.5, 0.6) is 5.75 Å². The number of benzene rings is 2. The van der Waals surface area contributed by atoms with Crippen molar-refractivity contribution in [1.29, 1.82) is 0 Å². The number of para-hydroxylation sites is 1. The number of ketones is 1. The largest absolute Gasteiger partial charge is 0.481 e. The summed E-state index contributed by atoms with van der Waals surface area (Å²) in [7, 11) is -2.30. The number of carboxylic acids is 1. The molecule has 0 fully saturated rings. The smallest absolute Gasteiger partial charge is 0.478 e. The van der Waals surface area contributed by atoms with E-state index in [1.54, 1.807) is 12.1 Å². The van der Waals surface area contributed by atoms with Crippen LogP contribution in [0.2, 0.25) is 0 Å². The summed E-state index contributed by atoms with van der Waals surface area (Å²) in [5.41, 5.74) is 4.37. The molecule has 2 aromatic carbocycles. The zero-order valence-electron chi connectivity index (χ0n) is 16.5. The van der Waals surface area contributed by atoms with Crippen molar-refractivity contribution < 1.29 is 39.4 Å². The maximum absolute atomic E-state index is 13.2. The summed E-state index contributed by atoms with van der Waals surface area (Å²) in [6, 6.07) is 10.2. The third-order valence-corrected chi connectivity index (χ3v) is 4.67. The molecule has 0 saturated heterocycles. The quantitative estimate of drug-likeness (QED) is 0.107. The van der Waals surface area contributed by atoms with Crippen LogP contribution in [0.3, 0.4) is 0 Å². The van der Waals surface area contributed by atoms with Crippen molar-refractivity contribution >= 4 is 25.3 Å². The molecule has 0 aliphatic carbocycles. The Balaban J connectivity index is 2.42. The lowest BCUT2D eigenvalue weighted by molar-refractivity contribution is -0.120. The van der Waals surface area contributed by atoms with Gasteiger partial charge in [-0.25, -0.2) is 4.79 Å². The molecular weight excluding hydrogens is 407 g/mol. The monoisotopic (exact) mass is 430 g/mol. The van der Waals surface area contributed by atoms with Gasteiger partial charge in [0.1, 0.15) is 16.8 Å². The topological polar surface area (TPSA) is 179 Å². The van der Waals surface area contributed by atoms with E-state index in [4.69, 9.17) is 15.6 Å². The highest BCUT2D eigenvalue weighted by molar-refractivity contribution is 6.53. The fourth-order valence-corrected chi connectivity index (χ4v) is 3.09. The predicted molar refractivity (Wildman–Crippen MR) is 110 cm³/mol. The highest BCUT2D eigenvalue weighted by Gasteiger charge is 2.46. The second kappa shape index (κ2) is 10.8. The Morgan fingerprint density at radius 1 is 1.19 bits per heavy atom. The molecule has 2 rings (SSSR count). The van der Waals surface area contributed by atoms with Gasteiger partial charge in [-0.1, -0.05) is 30.3 Å². The second-order valence-electron chi connectivity index (χ2n) is 6.83. The number of nitrogens with one attached hydrogen (secondary N) is 1. The number of hydrogen-bond donors (Lipinski definition) is 6. The summed E-state index contributed by atoms with van der Waals surface area (Å²) in [5, 5.41) is 41.0. The molecule has 0 heterocycles. The zero-order valence-corrected chi connectivity index (χ0v) is 16.5. The van der Waals surface area contributed by atoms with Crippen molar-refractivity contribution in [3.63, 3.8) is 0 Å². The molecule has 0 amide bonds. The Morgan fingerprint density at radius 3 is 2.52 bits per heavy atom. The van der Waals surface area contributed by atoms with Gasteiger partial charge in [-0.3, -0.25) is 9.59 Å². The van der Waals surface area contributed by atoms with E-state index in [2.05, 4.69) is 5.32 Å². The number of aromatic carboxylic acids is 1. The van der Waals surface area contributed by atoms with Gasteiger partial charge in [0.05, 0.1) is 6.61 Å². The van der Waals surface area contributed by atoms with Gasteiger partial charge in [-0.05, 0) is 29.7 Å². The van der Waals surface area contributed by atoms with Crippen LogP contribution in [0, 0.1) is 0 Å². The number of aliphatic hydroxyl groups is 1. The number of Topliss-reactive ketones (excluding diaryl/α,β-unsaturated/α-hetero) is 1. The van der Waals surface area contributed by atoms with Crippen molar-refractivity contribution in [2.45, 2.75) is 18.4 Å². The molecule has 0 aliphatic heterocycles. The Morgan fingerprint density at radius 2 is 1.90 bits per heavy atom. The number of carboxylic acid groups (broad SMARTS) is 1. The summed E-state index contributed by atoms with van der Waals surface area (Å²) >= 11 is 0. The summed E-state index contributed by atoms with van der Waals surface area (Å²) in [6.45, 7) is 0.693. The first kappa shape index (κ1) is 24.2. The fraction of sp³-hybridized carbons (Fsp3) is 0.250. The van der Waals surface area contributed by atoms with Crippen LogP contribution in [0.25, 0.3) is 0 Å². The van der Waals surface area contributed by atoms with Crippen LogP contribution in [0.4, 0.5) is 0 Å². The maximum Gasteiger partial charge on any atom is 0.481 e. The number of hydrogen-bond acceptors (Lipinski definition) is 9. The van der Waals surface area contributed by atoms with Gasteiger partial charge in [0.2, 0.25) is 0 Å². The molecule has 1 atom stereocenters. The number of carbonyl (C=O) groups is 3. The minimum atomic E-state index is -2.30. The van der Waals surface area contributed by atoms with E-state index in [0.717, 1.165) is 0 Å². The average Bonchev–Trinajstić information content (AvgIpc) is 2.74. The molecule has 0 aliphatic rings. The first-order valence-corrected chi connectivity index (χ1v) is 9.30. The minimum Gasteiger partial charge on any atom is -0.478 e. The van der Waals surface area contributed by atoms with Crippen LogP contribution in [-0.4, -0.2) is 64.2 Å². The first-order valence-electron chi connectivity index (χ1n) is 9.30. The van der Waals surface area contributed by atoms with E-state index < -0.39 is 30.7 Å². The normalized spacial score (nSPS) is 12.6. The fourth-order valence-electron chi connectivity index (χ4n) is 3.09. The van der Waals surface area contributed by atoms with E-state index in [-0.39, 0.29) is 35.5 Å². The Kier molecular flexibility index (Phi) is 8.42. The molecule has 0 bridgehead atoms. The van der Waals surface area contributed by atoms with Gasteiger partial charge in [0.25, 0.3) is 6.47 Å². The third-order valence-electron chi connectivity index (χ3n) is 4.67. The van der Waals surface area contributed by atoms with Crippen LogP contribution >= 0.6 is 0 Å². The van der Waals surface area contributed by atoms with E-state index in [0.29, 0.717) is 18.7 Å². The SMILES string of the molecule is NC(Cc1cccc(C(=O)O)c1OC=O)(B(O)O)C(=O)c1cccc(CNCCO)c1. The van der Waals surface area contributed by atoms with Gasteiger partial charge in [-0.15, -0.1) is 0 Å². The van der Waals surface area contributed by atoms with Gasteiger partial charge in [0.15, 0.2) is 5.78 Å². The molecule has 1 unspecified atom stereocenters. The third kappa shape index (κ3) is 5.75. The molecule has 10 nitrogen and oxygen atoms in total. The second-order valence-corrected chi connectivity index (χ2v) is 6.83. The van der Waals surface area contributed by atoms with E-state index >= 15 is 0 Å². The predicted octanol–water partition coefficient (Wildman–Crippen LogP) is -0.863. The van der Waals surface area contributed by atoms with E-state index in [1.807, 2.05) is 0 Å². The Bertz CT molecular complexity index is 953. The van der Waals surface area contributed by atoms with Crippen molar-refractivity contribution in [1.82, 2.24) is 5.32 Å². The number of ether oxygens (including phenoxy) is 1. The minimum absolute atomic E-state index is 0.0313. The zero-order chi connectivity index (χ0) is 23.0. The number of nitrogens with two attached hydrogens (primary N) is 1.